The number of hydrogen-bond acceptors (Lipinski definition) is 6. The van der Waals surface area contributed by atoms with Crippen LogP contribution in [0.2, 0.25) is 0 Å². The number of carbonyl (C=O) groups is 1. The molecule has 3 aromatic rings. The van der Waals surface area contributed by atoms with Crippen molar-refractivity contribution in [1.29, 1.82) is 0 Å². The van der Waals surface area contributed by atoms with Crippen LogP contribution in [0.15, 0.2) is 53.6 Å². The van der Waals surface area contributed by atoms with Gasteiger partial charge in [-0.15, -0.1) is 0 Å². The van der Waals surface area contributed by atoms with E-state index in [9.17, 15) is 22.4 Å². The number of ether oxygens (including phenoxy) is 3. The normalized spacial score (nSPS) is 17.8. The molecule has 0 N–H and O–H groups in total. The molecule has 180 valence electrons. The molecule has 1 saturated heterocycles. The van der Waals surface area contributed by atoms with Crippen LogP contribution in [0, 0.1) is 11.7 Å². The molecule has 4 rings (SSSR count). The zero-order chi connectivity index (χ0) is 24.5. The van der Waals surface area contributed by atoms with Gasteiger partial charge in [-0.05, 0) is 29.8 Å². The van der Waals surface area contributed by atoms with E-state index < -0.39 is 36.5 Å². The molecule has 0 amide bonds. The van der Waals surface area contributed by atoms with Crippen molar-refractivity contribution < 1.29 is 36.6 Å². The first-order chi connectivity index (χ1) is 16.2. The molecular weight excluding hydrogens is 476 g/mol. The van der Waals surface area contributed by atoms with Gasteiger partial charge in [-0.1, -0.05) is 36.0 Å². The van der Waals surface area contributed by atoms with Crippen LogP contribution < -0.4 is 9.47 Å². The Bertz CT molecular complexity index is 1180. The third-order valence-corrected chi connectivity index (χ3v) is 6.47. The highest BCUT2D eigenvalue weighted by Gasteiger charge is 2.54. The molecule has 0 saturated carbocycles. The minimum absolute atomic E-state index is 0.0225. The summed E-state index contributed by atoms with van der Waals surface area (Å²) in [6.07, 6.45) is -5.89. The summed E-state index contributed by atoms with van der Waals surface area (Å²) >= 11 is 1.13. The second kappa shape index (κ2) is 9.67. The maximum Gasteiger partial charge on any atom is 0.396 e. The van der Waals surface area contributed by atoms with Gasteiger partial charge in [0, 0.05) is 5.75 Å². The summed E-state index contributed by atoms with van der Waals surface area (Å²) < 4.78 is 70.5. The Kier molecular flexibility index (Phi) is 6.85. The molecule has 0 bridgehead atoms. The molecule has 2 heterocycles. The van der Waals surface area contributed by atoms with Crippen molar-refractivity contribution in [1.82, 2.24) is 9.78 Å². The minimum Gasteiger partial charge on any atom is -0.496 e. The quantitative estimate of drug-likeness (QED) is 0.328. The monoisotopic (exact) mass is 496 g/mol. The molecule has 2 atom stereocenters. The van der Waals surface area contributed by atoms with E-state index in [2.05, 4.69) is 5.10 Å². The molecule has 1 fully saturated rings. The van der Waals surface area contributed by atoms with E-state index in [-0.39, 0.29) is 33.5 Å². The van der Waals surface area contributed by atoms with Crippen LogP contribution in [0.25, 0.3) is 0 Å². The standard InChI is InChI=1S/C23H20F4N2O4S/c1-31-17-6-4-3-5-15(17)21(30)29-22(34-12-13-7-9-14(24)10-8-13)20(32-2)18(28-29)19-16(11-33-19)23(25,26)27/h3-10,16,19H,11-12H2,1-2H3. The van der Waals surface area contributed by atoms with Crippen LogP contribution in [-0.4, -0.2) is 42.7 Å². The number of carbonyl (C=O) groups excluding carboxylic acids is 1. The zero-order valence-electron chi connectivity index (χ0n) is 18.1. The van der Waals surface area contributed by atoms with Gasteiger partial charge in [0.2, 0.25) is 0 Å². The molecule has 0 aliphatic carbocycles. The maximum atomic E-state index is 13.4. The molecule has 11 heteroatoms. The van der Waals surface area contributed by atoms with Crippen LogP contribution in [0.3, 0.4) is 0 Å². The number of aromatic nitrogens is 2. The lowest BCUT2D eigenvalue weighted by molar-refractivity contribution is -0.277. The van der Waals surface area contributed by atoms with Gasteiger partial charge in [-0.2, -0.15) is 23.0 Å². The summed E-state index contributed by atoms with van der Waals surface area (Å²) in [5.74, 6) is -2.17. The van der Waals surface area contributed by atoms with E-state index in [4.69, 9.17) is 14.2 Å². The molecule has 0 radical (unpaired) electrons. The Morgan fingerprint density at radius 1 is 1.15 bits per heavy atom. The summed E-state index contributed by atoms with van der Waals surface area (Å²) in [5, 5.41) is 4.43. The average molecular weight is 496 g/mol. The van der Waals surface area contributed by atoms with Crippen molar-refractivity contribution in [3.63, 3.8) is 0 Å². The number of nitrogens with zero attached hydrogens (tertiary/aromatic N) is 2. The highest BCUT2D eigenvalue weighted by atomic mass is 32.2. The van der Waals surface area contributed by atoms with E-state index in [1.165, 1.54) is 32.4 Å². The Morgan fingerprint density at radius 3 is 2.44 bits per heavy atom. The van der Waals surface area contributed by atoms with E-state index in [1.54, 1.807) is 30.3 Å². The number of benzene rings is 2. The number of thioether (sulfide) groups is 1. The molecule has 2 aromatic carbocycles. The Morgan fingerprint density at radius 2 is 1.85 bits per heavy atom. The van der Waals surface area contributed by atoms with Gasteiger partial charge in [0.15, 0.2) is 5.75 Å². The fourth-order valence-electron chi connectivity index (χ4n) is 3.54. The molecule has 1 aliphatic heterocycles. The highest BCUT2D eigenvalue weighted by molar-refractivity contribution is 7.98. The van der Waals surface area contributed by atoms with Gasteiger partial charge >= 0.3 is 6.18 Å². The van der Waals surface area contributed by atoms with Crippen LogP contribution in [0.4, 0.5) is 17.6 Å². The molecule has 34 heavy (non-hydrogen) atoms. The number of hydrogen-bond donors (Lipinski definition) is 0. The molecule has 2 unspecified atom stereocenters. The van der Waals surface area contributed by atoms with Gasteiger partial charge in [-0.25, -0.2) is 4.39 Å². The van der Waals surface area contributed by atoms with E-state index in [0.717, 1.165) is 22.0 Å². The summed E-state index contributed by atoms with van der Waals surface area (Å²) in [7, 11) is 2.70. The van der Waals surface area contributed by atoms with Gasteiger partial charge in [0.05, 0.1) is 26.4 Å². The van der Waals surface area contributed by atoms with Crippen LogP contribution in [0.5, 0.6) is 11.5 Å². The number of methoxy groups -OCH3 is 2. The minimum atomic E-state index is -4.49. The fraction of sp³-hybridized carbons (Fsp3) is 0.304. The second-order valence-electron chi connectivity index (χ2n) is 7.46. The predicted molar refractivity (Wildman–Crippen MR) is 116 cm³/mol. The summed E-state index contributed by atoms with van der Waals surface area (Å²) in [6.45, 7) is -0.497. The van der Waals surface area contributed by atoms with Crippen molar-refractivity contribution in [3.8, 4) is 11.5 Å². The van der Waals surface area contributed by atoms with Gasteiger partial charge in [0.1, 0.15) is 34.3 Å². The number of para-hydroxylation sites is 1. The third kappa shape index (κ3) is 4.62. The van der Waals surface area contributed by atoms with E-state index in [1.807, 2.05) is 0 Å². The highest BCUT2D eigenvalue weighted by Crippen LogP contribution is 2.49. The van der Waals surface area contributed by atoms with Crippen molar-refractivity contribution in [3.05, 3.63) is 71.2 Å². The lowest BCUT2D eigenvalue weighted by atomic mass is 9.94. The Balaban J connectivity index is 1.77. The first-order valence-corrected chi connectivity index (χ1v) is 11.1. The van der Waals surface area contributed by atoms with Crippen LogP contribution in [0.1, 0.15) is 27.7 Å². The number of rotatable bonds is 7. The summed E-state index contributed by atoms with van der Waals surface area (Å²) in [4.78, 5) is 13.4. The second-order valence-corrected chi connectivity index (χ2v) is 8.42. The van der Waals surface area contributed by atoms with Crippen molar-refractivity contribution in [2.24, 2.45) is 5.92 Å². The predicted octanol–water partition coefficient (Wildman–Crippen LogP) is 5.27. The van der Waals surface area contributed by atoms with Gasteiger partial charge in [-0.3, -0.25) is 4.79 Å². The summed E-state index contributed by atoms with van der Waals surface area (Å²) in [6, 6.07) is 12.2. The topological polar surface area (TPSA) is 62.6 Å². The van der Waals surface area contributed by atoms with Gasteiger partial charge < -0.3 is 14.2 Å². The molecule has 6 nitrogen and oxygen atoms in total. The van der Waals surface area contributed by atoms with Crippen LogP contribution in [-0.2, 0) is 10.5 Å². The molecule has 1 aliphatic rings. The van der Waals surface area contributed by atoms with Crippen molar-refractivity contribution in [2.75, 3.05) is 20.8 Å². The van der Waals surface area contributed by atoms with Crippen molar-refractivity contribution in [2.45, 2.75) is 23.1 Å². The molecule has 0 spiro atoms. The Hall–Kier alpha value is -3.05. The average Bonchev–Trinajstić information content (AvgIpc) is 3.14. The lowest BCUT2D eigenvalue weighted by Crippen LogP contribution is -2.43. The first kappa shape index (κ1) is 24.1. The Labute approximate surface area is 196 Å². The SMILES string of the molecule is COc1ccccc1C(=O)n1nc(C2OCC2C(F)(F)F)c(OC)c1SCc1ccc(F)cc1. The largest absolute Gasteiger partial charge is 0.496 e. The molecular formula is C23H20F4N2O4S. The number of alkyl halides is 3. The summed E-state index contributed by atoms with van der Waals surface area (Å²) in [5.41, 5.74) is 0.800. The molecule has 1 aromatic heterocycles. The maximum absolute atomic E-state index is 13.4. The van der Waals surface area contributed by atoms with Gasteiger partial charge in [0.25, 0.3) is 5.91 Å². The lowest BCUT2D eigenvalue weighted by Gasteiger charge is -2.36. The smallest absolute Gasteiger partial charge is 0.396 e. The fourth-order valence-corrected chi connectivity index (χ4v) is 4.60. The third-order valence-electron chi connectivity index (χ3n) is 5.36. The number of halogens is 4. The zero-order valence-corrected chi connectivity index (χ0v) is 19.0. The van der Waals surface area contributed by atoms with Crippen LogP contribution >= 0.6 is 11.8 Å². The first-order valence-electron chi connectivity index (χ1n) is 10.1. The van der Waals surface area contributed by atoms with E-state index in [0.29, 0.717) is 0 Å². The van der Waals surface area contributed by atoms with E-state index >= 15 is 0 Å². The van der Waals surface area contributed by atoms with Crippen molar-refractivity contribution >= 4 is 17.7 Å².